The molecular weight excluding hydrogens is 443 g/mol. The zero-order valence-electron chi connectivity index (χ0n) is 13.0. The van der Waals surface area contributed by atoms with Gasteiger partial charge in [-0.15, -0.1) is 0 Å². The summed E-state index contributed by atoms with van der Waals surface area (Å²) in [4.78, 5) is 35.4. The maximum absolute atomic E-state index is 12.0. The number of carboxylic acid groups (broad SMARTS) is 1. The molecule has 0 radical (unpaired) electrons. The second-order valence-electron chi connectivity index (χ2n) is 6.60. The summed E-state index contributed by atoms with van der Waals surface area (Å²) in [6, 6.07) is 7.49. The van der Waals surface area contributed by atoms with Gasteiger partial charge in [-0.3, -0.25) is 9.59 Å². The monoisotopic (exact) mass is 458 g/mol. The molecule has 8 heteroatoms. The highest BCUT2D eigenvalue weighted by Gasteiger charge is 2.70. The summed E-state index contributed by atoms with van der Waals surface area (Å²) in [5, 5.41) is 9.42. The molecule has 7 nitrogen and oxygen atoms in total. The van der Waals surface area contributed by atoms with Crippen LogP contribution in [0, 0.1) is 27.2 Å². The molecule has 1 aromatic carbocycles. The van der Waals surface area contributed by atoms with Crippen molar-refractivity contribution in [2.45, 2.75) is 25.2 Å². The molecule has 2 aliphatic carbocycles. The van der Waals surface area contributed by atoms with Crippen LogP contribution in [0.5, 0.6) is 0 Å². The van der Waals surface area contributed by atoms with E-state index in [2.05, 4.69) is 22.6 Å². The minimum atomic E-state index is -1.05. The van der Waals surface area contributed by atoms with Crippen LogP contribution in [-0.4, -0.2) is 35.4 Å². The van der Waals surface area contributed by atoms with E-state index in [0.29, 0.717) is 6.42 Å². The number of carbonyl (C=O) groups is 3. The molecule has 1 heterocycles. The van der Waals surface area contributed by atoms with Gasteiger partial charge in [-0.25, -0.2) is 4.79 Å². The van der Waals surface area contributed by atoms with Crippen LogP contribution in [0.15, 0.2) is 24.3 Å². The Morgan fingerprint density at radius 1 is 1.24 bits per heavy atom. The molecule has 2 bridgehead atoms. The van der Waals surface area contributed by atoms with Crippen molar-refractivity contribution >= 4 is 40.7 Å². The fourth-order valence-corrected chi connectivity index (χ4v) is 4.71. The summed E-state index contributed by atoms with van der Waals surface area (Å²) in [5.41, 5.74) is 0.820. The van der Waals surface area contributed by atoms with Gasteiger partial charge in [0.05, 0.1) is 11.8 Å². The van der Waals surface area contributed by atoms with Crippen molar-refractivity contribution in [1.82, 2.24) is 0 Å². The van der Waals surface area contributed by atoms with Crippen LogP contribution in [0.25, 0.3) is 0 Å². The number of carboxylic acids is 1. The lowest BCUT2D eigenvalue weighted by Gasteiger charge is -2.28. The Morgan fingerprint density at radius 2 is 1.96 bits per heavy atom. The molecule has 1 N–H and O–H groups in total. The standard InChI is InChI=1S/C17H15IO7/c18-8-3-1-7(2-4-8)6-23-17(22)25-14-9-5-10-12(11(9)15(19)20)16(21)24-13(10)14/h1-4,9-14H,5-6H2,(H,19,20). The Labute approximate surface area is 156 Å². The van der Waals surface area contributed by atoms with Crippen molar-refractivity contribution < 1.29 is 33.7 Å². The highest BCUT2D eigenvalue weighted by molar-refractivity contribution is 14.1. The first-order valence-electron chi connectivity index (χ1n) is 7.97. The van der Waals surface area contributed by atoms with Crippen LogP contribution in [-0.2, 0) is 30.4 Å². The molecule has 4 rings (SSSR count). The summed E-state index contributed by atoms with van der Waals surface area (Å²) in [7, 11) is 0. The lowest BCUT2D eigenvalue weighted by atomic mass is 9.78. The maximum Gasteiger partial charge on any atom is 0.509 e. The van der Waals surface area contributed by atoms with E-state index in [0.717, 1.165) is 9.13 Å². The summed E-state index contributed by atoms with van der Waals surface area (Å²) >= 11 is 2.18. The molecule has 1 saturated heterocycles. The lowest BCUT2D eigenvalue weighted by molar-refractivity contribution is -0.151. The van der Waals surface area contributed by atoms with E-state index < -0.39 is 48.1 Å². The number of rotatable bonds is 4. The predicted octanol–water partition coefficient (Wildman–Crippen LogP) is 2.21. The minimum Gasteiger partial charge on any atom is -0.481 e. The third kappa shape index (κ3) is 2.76. The zero-order valence-corrected chi connectivity index (χ0v) is 15.1. The second-order valence-corrected chi connectivity index (χ2v) is 7.85. The first-order chi connectivity index (χ1) is 12.0. The summed E-state index contributed by atoms with van der Waals surface area (Å²) in [6.07, 6.45) is -1.66. The van der Waals surface area contributed by atoms with Gasteiger partial charge >= 0.3 is 18.1 Å². The van der Waals surface area contributed by atoms with E-state index in [9.17, 15) is 19.5 Å². The molecule has 0 amide bonds. The third-order valence-corrected chi connectivity index (χ3v) is 6.05. The van der Waals surface area contributed by atoms with Crippen LogP contribution in [0.1, 0.15) is 12.0 Å². The third-order valence-electron chi connectivity index (χ3n) is 5.33. The van der Waals surface area contributed by atoms with Gasteiger partial charge < -0.3 is 19.3 Å². The highest BCUT2D eigenvalue weighted by Crippen LogP contribution is 2.58. The normalized spacial score (nSPS) is 34.7. The van der Waals surface area contributed by atoms with E-state index in [1.165, 1.54) is 0 Å². The van der Waals surface area contributed by atoms with Gasteiger partial charge in [0.25, 0.3) is 0 Å². The largest absolute Gasteiger partial charge is 0.509 e. The summed E-state index contributed by atoms with van der Waals surface area (Å²) < 4.78 is 16.8. The minimum absolute atomic E-state index is 0.0615. The fourth-order valence-electron chi connectivity index (χ4n) is 4.35. The van der Waals surface area contributed by atoms with E-state index in [1.807, 2.05) is 24.3 Å². The van der Waals surface area contributed by atoms with Gasteiger partial charge in [0.2, 0.25) is 0 Å². The van der Waals surface area contributed by atoms with E-state index >= 15 is 0 Å². The van der Waals surface area contributed by atoms with Crippen molar-refractivity contribution in [2.75, 3.05) is 0 Å². The zero-order chi connectivity index (χ0) is 17.7. The number of aliphatic carboxylic acids is 1. The average Bonchev–Trinajstić information content (AvgIpc) is 3.17. The molecular formula is C17H15IO7. The van der Waals surface area contributed by atoms with Crippen LogP contribution < -0.4 is 0 Å². The SMILES string of the molecule is O=C(OCc1ccc(I)cc1)OC1C2CC3C1OC(=O)C3C2C(=O)O. The molecule has 0 aromatic heterocycles. The molecule has 1 aromatic rings. The number of esters is 1. The molecule has 6 unspecified atom stereocenters. The molecule has 6 atom stereocenters. The lowest BCUT2D eigenvalue weighted by Crippen LogP contribution is -2.43. The highest BCUT2D eigenvalue weighted by atomic mass is 127. The Hall–Kier alpha value is -1.84. The molecule has 0 spiro atoms. The number of fused-ring (bicyclic) bond motifs is 1. The Morgan fingerprint density at radius 3 is 2.64 bits per heavy atom. The number of hydrogen-bond acceptors (Lipinski definition) is 6. The van der Waals surface area contributed by atoms with Crippen LogP contribution in [0.4, 0.5) is 4.79 Å². The first-order valence-corrected chi connectivity index (χ1v) is 9.04. The number of ether oxygens (including phenoxy) is 3. The van der Waals surface area contributed by atoms with Gasteiger partial charge in [0, 0.05) is 15.4 Å². The molecule has 3 aliphatic rings. The van der Waals surface area contributed by atoms with Gasteiger partial charge in [0.15, 0.2) is 0 Å². The Balaban J connectivity index is 1.41. The van der Waals surface area contributed by atoms with Crippen molar-refractivity contribution in [3.05, 3.63) is 33.4 Å². The smallest absolute Gasteiger partial charge is 0.481 e. The van der Waals surface area contributed by atoms with E-state index in [1.54, 1.807) is 0 Å². The van der Waals surface area contributed by atoms with Crippen LogP contribution in [0.3, 0.4) is 0 Å². The van der Waals surface area contributed by atoms with E-state index in [-0.39, 0.29) is 12.5 Å². The summed E-state index contributed by atoms with van der Waals surface area (Å²) in [6.45, 7) is 0.0615. The molecule has 2 saturated carbocycles. The molecule has 1 aliphatic heterocycles. The van der Waals surface area contributed by atoms with Gasteiger partial charge in [-0.2, -0.15) is 0 Å². The molecule has 25 heavy (non-hydrogen) atoms. The van der Waals surface area contributed by atoms with Crippen molar-refractivity contribution in [3.8, 4) is 0 Å². The Kier molecular flexibility index (Phi) is 4.09. The van der Waals surface area contributed by atoms with Gasteiger partial charge in [-0.05, 0) is 46.7 Å². The van der Waals surface area contributed by atoms with Crippen LogP contribution >= 0.6 is 22.6 Å². The summed E-state index contributed by atoms with van der Waals surface area (Å²) in [5.74, 6) is -3.61. The van der Waals surface area contributed by atoms with Gasteiger partial charge in [0.1, 0.15) is 18.8 Å². The predicted molar refractivity (Wildman–Crippen MR) is 90.3 cm³/mol. The number of halogens is 1. The second kappa shape index (κ2) is 6.15. The van der Waals surface area contributed by atoms with Gasteiger partial charge in [-0.1, -0.05) is 12.1 Å². The molecule has 132 valence electrons. The van der Waals surface area contributed by atoms with Crippen molar-refractivity contribution in [1.29, 1.82) is 0 Å². The van der Waals surface area contributed by atoms with Crippen molar-refractivity contribution in [2.24, 2.45) is 23.7 Å². The number of benzene rings is 1. The van der Waals surface area contributed by atoms with E-state index in [4.69, 9.17) is 14.2 Å². The maximum atomic E-state index is 12.0. The fraction of sp³-hybridized carbons (Fsp3) is 0.471. The van der Waals surface area contributed by atoms with Crippen molar-refractivity contribution in [3.63, 3.8) is 0 Å². The molecule has 3 fully saturated rings. The Bertz CT molecular complexity index is 731. The quantitative estimate of drug-likeness (QED) is 0.546. The first kappa shape index (κ1) is 16.6. The topological polar surface area (TPSA) is 99.1 Å². The number of carbonyl (C=O) groups excluding carboxylic acids is 2. The average molecular weight is 458 g/mol. The number of hydrogen-bond donors (Lipinski definition) is 1. The van der Waals surface area contributed by atoms with Crippen LogP contribution in [0.2, 0.25) is 0 Å².